The van der Waals surface area contributed by atoms with Crippen molar-refractivity contribution in [2.75, 3.05) is 0 Å². The molecule has 0 aromatic heterocycles. The Balaban J connectivity index is 2.02. The lowest BCUT2D eigenvalue weighted by molar-refractivity contribution is -0.153. The Labute approximate surface area is 71.6 Å². The fraction of sp³-hybridized carbons (Fsp3) is 0.250. The number of carbonyl (C=O) groups is 2. The molecule has 3 saturated heterocycles. The van der Waals surface area contributed by atoms with Crippen LogP contribution in [-0.2, 0) is 23.8 Å². The topological polar surface area (TPSA) is 68.4 Å². The molecule has 5 nitrogen and oxygen atoms in total. The first-order chi connectivity index (χ1) is 6.23. The van der Waals surface area contributed by atoms with Gasteiger partial charge in [-0.1, -0.05) is 0 Å². The second-order valence-corrected chi connectivity index (χ2v) is 3.32. The zero-order valence-corrected chi connectivity index (χ0v) is 6.20. The maximum atomic E-state index is 11.3. The van der Waals surface area contributed by atoms with Crippen molar-refractivity contribution in [2.24, 2.45) is 5.92 Å². The monoisotopic (exact) mass is 178 g/mol. The molecule has 3 heterocycles. The third-order valence-electron chi connectivity index (χ3n) is 2.67. The highest BCUT2D eigenvalue weighted by atomic mass is 16.7. The van der Waals surface area contributed by atoms with Gasteiger partial charge in [0.25, 0.3) is 5.60 Å². The molecule has 13 heavy (non-hydrogen) atoms. The number of rotatable bonds is 0. The van der Waals surface area contributed by atoms with E-state index in [1.807, 2.05) is 0 Å². The fourth-order valence-electron chi connectivity index (χ4n) is 1.90. The molecule has 4 aliphatic rings. The molecule has 0 radical (unpaired) electrons. The normalized spacial score (nSPS) is 42.2. The molecule has 0 N–H and O–H groups in total. The predicted octanol–water partition coefficient (Wildman–Crippen LogP) is -0.406. The zero-order valence-electron chi connectivity index (χ0n) is 6.20. The Kier molecular flexibility index (Phi) is 0.563. The lowest BCUT2D eigenvalue weighted by Gasteiger charge is -1.98. The molecule has 5 heteroatoms. The molecule has 2 atom stereocenters. The number of cyclic esters (lactones) is 2. The van der Waals surface area contributed by atoms with Gasteiger partial charge in [0.15, 0.2) is 5.76 Å². The highest BCUT2D eigenvalue weighted by Gasteiger charge is 2.78. The van der Waals surface area contributed by atoms with E-state index in [-0.39, 0.29) is 0 Å². The van der Waals surface area contributed by atoms with Crippen LogP contribution >= 0.6 is 0 Å². The van der Waals surface area contributed by atoms with Crippen molar-refractivity contribution in [3.63, 3.8) is 0 Å². The van der Waals surface area contributed by atoms with E-state index in [1.54, 1.807) is 6.08 Å². The SMILES string of the molecule is O=C1OC(=O)C23OC2=C2OC2=CC13. The summed E-state index contributed by atoms with van der Waals surface area (Å²) in [7, 11) is 0. The van der Waals surface area contributed by atoms with E-state index in [0.717, 1.165) is 0 Å². The Morgan fingerprint density at radius 1 is 1.31 bits per heavy atom. The van der Waals surface area contributed by atoms with Gasteiger partial charge in [0.2, 0.25) is 11.5 Å². The Bertz CT molecular complexity index is 457. The summed E-state index contributed by atoms with van der Waals surface area (Å²) in [6.07, 6.45) is 1.58. The minimum absolute atomic E-state index is 0.464. The average Bonchev–Trinajstić information content (AvgIpc) is 2.94. The van der Waals surface area contributed by atoms with Crippen LogP contribution < -0.4 is 0 Å². The highest BCUT2D eigenvalue weighted by molar-refractivity contribution is 6.07. The Morgan fingerprint density at radius 2 is 2.15 bits per heavy atom. The van der Waals surface area contributed by atoms with E-state index < -0.39 is 23.5 Å². The molecule has 2 unspecified atom stereocenters. The number of epoxide rings is 2. The lowest BCUT2D eigenvalue weighted by Crippen LogP contribution is -2.26. The summed E-state index contributed by atoms with van der Waals surface area (Å²) in [4.78, 5) is 22.4. The molecule has 0 amide bonds. The first kappa shape index (κ1) is 5.80. The Hall–Kier alpha value is -1.78. The standard InChI is InChI=1S/C8H2O5/c9-6-2-1-3-4(11-3)5-8(2,13-5)7(10)12-6/h1-2H. The van der Waals surface area contributed by atoms with Crippen molar-refractivity contribution < 1.29 is 23.8 Å². The smallest absolute Gasteiger partial charge is 0.367 e. The minimum Gasteiger partial charge on any atom is -0.461 e. The first-order valence-electron chi connectivity index (χ1n) is 3.83. The summed E-state index contributed by atoms with van der Waals surface area (Å²) in [6, 6.07) is 0. The minimum atomic E-state index is -1.13. The van der Waals surface area contributed by atoms with E-state index in [0.29, 0.717) is 17.3 Å². The molecular formula is C8H2O5. The summed E-state index contributed by atoms with van der Waals surface area (Å²) in [5.41, 5.74) is -1.13. The molecule has 64 valence electrons. The molecule has 4 rings (SSSR count). The van der Waals surface area contributed by atoms with Crippen LogP contribution in [-0.4, -0.2) is 17.5 Å². The van der Waals surface area contributed by atoms with E-state index in [1.165, 1.54) is 0 Å². The molecule has 1 aliphatic carbocycles. The van der Waals surface area contributed by atoms with Crippen LogP contribution in [0.5, 0.6) is 0 Å². The third kappa shape index (κ3) is 0.406. The van der Waals surface area contributed by atoms with Crippen molar-refractivity contribution in [3.8, 4) is 0 Å². The number of carbonyl (C=O) groups excluding carboxylic acids is 2. The quantitative estimate of drug-likeness (QED) is 0.286. The van der Waals surface area contributed by atoms with Crippen LogP contribution in [0.4, 0.5) is 0 Å². The number of hydrogen-bond acceptors (Lipinski definition) is 5. The van der Waals surface area contributed by atoms with Gasteiger partial charge < -0.3 is 14.2 Å². The second kappa shape index (κ2) is 1.26. The van der Waals surface area contributed by atoms with Crippen LogP contribution in [0.2, 0.25) is 0 Å². The number of ether oxygens (including phenoxy) is 3. The highest BCUT2D eigenvalue weighted by Crippen LogP contribution is 2.62. The van der Waals surface area contributed by atoms with Crippen LogP contribution in [0.25, 0.3) is 0 Å². The van der Waals surface area contributed by atoms with Crippen LogP contribution in [0.15, 0.2) is 23.4 Å². The van der Waals surface area contributed by atoms with Crippen LogP contribution in [0.3, 0.4) is 0 Å². The van der Waals surface area contributed by atoms with Crippen molar-refractivity contribution in [1.82, 2.24) is 0 Å². The van der Waals surface area contributed by atoms with Crippen molar-refractivity contribution in [1.29, 1.82) is 0 Å². The van der Waals surface area contributed by atoms with Crippen molar-refractivity contribution in [3.05, 3.63) is 23.4 Å². The molecule has 0 saturated carbocycles. The van der Waals surface area contributed by atoms with Crippen LogP contribution in [0.1, 0.15) is 0 Å². The number of esters is 2. The van der Waals surface area contributed by atoms with Gasteiger partial charge >= 0.3 is 11.9 Å². The molecule has 0 aromatic rings. The van der Waals surface area contributed by atoms with Gasteiger partial charge in [-0.2, -0.15) is 0 Å². The number of fused-ring (bicyclic) bond motifs is 1. The molecule has 0 aromatic carbocycles. The van der Waals surface area contributed by atoms with E-state index >= 15 is 0 Å². The Morgan fingerprint density at radius 3 is 3.00 bits per heavy atom. The van der Waals surface area contributed by atoms with E-state index in [4.69, 9.17) is 9.47 Å². The molecule has 3 aliphatic heterocycles. The zero-order chi connectivity index (χ0) is 8.79. The van der Waals surface area contributed by atoms with Gasteiger partial charge in [0.1, 0.15) is 5.92 Å². The third-order valence-corrected chi connectivity index (χ3v) is 2.67. The maximum absolute atomic E-state index is 11.3. The molecule has 0 bridgehead atoms. The summed E-state index contributed by atoms with van der Waals surface area (Å²) in [6.45, 7) is 0. The van der Waals surface area contributed by atoms with E-state index in [9.17, 15) is 9.59 Å². The largest absolute Gasteiger partial charge is 0.461 e. The van der Waals surface area contributed by atoms with Gasteiger partial charge in [0.05, 0.1) is 0 Å². The van der Waals surface area contributed by atoms with Gasteiger partial charge in [-0.05, 0) is 6.08 Å². The second-order valence-electron chi connectivity index (χ2n) is 3.32. The molecule has 1 spiro atoms. The molecule has 3 fully saturated rings. The van der Waals surface area contributed by atoms with Crippen LogP contribution in [0, 0.1) is 5.92 Å². The van der Waals surface area contributed by atoms with Gasteiger partial charge in [-0.25, -0.2) is 4.79 Å². The van der Waals surface area contributed by atoms with E-state index in [2.05, 4.69) is 4.74 Å². The summed E-state index contributed by atoms with van der Waals surface area (Å²) in [5.74, 6) is -0.0948. The summed E-state index contributed by atoms with van der Waals surface area (Å²) in [5, 5.41) is 0. The van der Waals surface area contributed by atoms with Crippen molar-refractivity contribution >= 4 is 11.9 Å². The fourth-order valence-corrected chi connectivity index (χ4v) is 1.90. The number of hydrogen-bond donors (Lipinski definition) is 0. The predicted molar refractivity (Wildman–Crippen MR) is 34.6 cm³/mol. The summed E-state index contributed by atoms with van der Waals surface area (Å²) >= 11 is 0. The van der Waals surface area contributed by atoms with Gasteiger partial charge in [0, 0.05) is 0 Å². The van der Waals surface area contributed by atoms with Gasteiger partial charge in [-0.3, -0.25) is 4.79 Å². The lowest BCUT2D eigenvalue weighted by atomic mass is 9.90. The van der Waals surface area contributed by atoms with Crippen molar-refractivity contribution in [2.45, 2.75) is 5.60 Å². The first-order valence-corrected chi connectivity index (χ1v) is 3.83. The summed E-state index contributed by atoms with van der Waals surface area (Å²) < 4.78 is 14.6. The van der Waals surface area contributed by atoms with Gasteiger partial charge in [-0.15, -0.1) is 0 Å². The maximum Gasteiger partial charge on any atom is 0.367 e. The average molecular weight is 178 g/mol. The molecular weight excluding hydrogens is 176 g/mol.